The van der Waals surface area contributed by atoms with Crippen LogP contribution in [-0.2, 0) is 0 Å². The van der Waals surface area contributed by atoms with Crippen LogP contribution in [0.4, 0.5) is 0 Å². The molecule has 94 valence electrons. The predicted octanol–water partition coefficient (Wildman–Crippen LogP) is 1.22. The Hall–Kier alpha value is -0.573. The number of hydrogen-bond donors (Lipinski definition) is 0. The summed E-state index contributed by atoms with van der Waals surface area (Å²) in [6.45, 7) is 3.95. The molecule has 2 rings (SSSR count). The van der Waals surface area contributed by atoms with Gasteiger partial charge in [0.25, 0.3) is 0 Å². The van der Waals surface area contributed by atoms with Gasteiger partial charge in [0.1, 0.15) is 0 Å². The second kappa shape index (κ2) is 7.27. The number of rotatable bonds is 3. The van der Waals surface area contributed by atoms with Crippen molar-refractivity contribution >= 4 is 31.0 Å². The van der Waals surface area contributed by atoms with E-state index < -0.39 is 0 Å². The van der Waals surface area contributed by atoms with Crippen LogP contribution in [0.3, 0.4) is 0 Å². The average molecular weight is 285 g/mol. The van der Waals surface area contributed by atoms with Crippen LogP contribution in [0.2, 0.25) is 5.02 Å². The zero-order valence-electron chi connectivity index (χ0n) is 12.3. The normalized spacial score (nSPS) is 10.5. The van der Waals surface area contributed by atoms with Crippen molar-refractivity contribution in [2.45, 2.75) is 13.8 Å². The molecule has 0 aliphatic carbocycles. The summed E-state index contributed by atoms with van der Waals surface area (Å²) in [5.41, 5.74) is 2.89. The fourth-order valence-electron chi connectivity index (χ4n) is 1.75. The number of carbonyl (C=O) groups excluding carboxylic acids is 1. The van der Waals surface area contributed by atoms with E-state index in [1.807, 2.05) is 50.2 Å². The minimum absolute atomic E-state index is 0. The Labute approximate surface area is 134 Å². The van der Waals surface area contributed by atoms with Gasteiger partial charge in [0.15, 0.2) is 5.52 Å². The molecule has 0 aliphatic heterocycles. The Kier molecular flexibility index (Phi) is 6.31. The van der Waals surface area contributed by atoms with Crippen molar-refractivity contribution in [2.75, 3.05) is 0 Å². The van der Waals surface area contributed by atoms with Gasteiger partial charge in [0, 0.05) is 5.56 Å². The molecule has 0 aliphatic rings. The van der Waals surface area contributed by atoms with Gasteiger partial charge in [-0.1, -0.05) is 53.6 Å². The van der Waals surface area contributed by atoms with E-state index in [0.717, 1.165) is 10.9 Å². The molecule has 0 spiro atoms. The van der Waals surface area contributed by atoms with E-state index in [9.17, 15) is 4.79 Å². The maximum atomic E-state index is 12.3. The second-order valence-corrected chi connectivity index (χ2v) is 5.94. The average Bonchev–Trinajstić information content (AvgIpc) is 2.32. The molecule has 19 heavy (non-hydrogen) atoms. The molecule has 2 aromatic carbocycles. The first-order valence-corrected chi connectivity index (χ1v) is 7.09. The minimum Gasteiger partial charge on any atom is -1.00 e. The van der Waals surface area contributed by atoms with Gasteiger partial charge in [-0.15, -0.1) is 0 Å². The van der Waals surface area contributed by atoms with Crippen molar-refractivity contribution in [3.05, 3.63) is 64.2 Å². The number of hydrogen-bond acceptors (Lipinski definition) is 1. The minimum atomic E-state index is 0. The van der Waals surface area contributed by atoms with Crippen molar-refractivity contribution in [1.82, 2.24) is 0 Å². The molecule has 1 unspecified atom stereocenters. The fourth-order valence-corrected chi connectivity index (χ4v) is 3.19. The smallest absolute Gasteiger partial charge is 1.00 e. The van der Waals surface area contributed by atoms with E-state index in [1.54, 1.807) is 6.07 Å². The number of benzene rings is 2. The van der Waals surface area contributed by atoms with E-state index in [-0.39, 0.29) is 34.4 Å². The van der Waals surface area contributed by atoms with Crippen LogP contribution in [-0.4, -0.2) is 5.52 Å². The zero-order chi connectivity index (χ0) is 13.1. The van der Waals surface area contributed by atoms with Crippen molar-refractivity contribution in [3.63, 3.8) is 0 Å². The Bertz CT molecular complexity index is 567. The zero-order valence-corrected chi connectivity index (χ0v) is 13.1. The SMILES string of the molecule is Cc1ccc(PC(=O)c2c(C)cccc2Cl)cc1.[H-].[Li+]. The maximum absolute atomic E-state index is 12.3. The first kappa shape index (κ1) is 16.5. The van der Waals surface area contributed by atoms with Crippen LogP contribution in [0, 0.1) is 13.8 Å². The van der Waals surface area contributed by atoms with Gasteiger partial charge in [-0.3, -0.25) is 4.79 Å². The van der Waals surface area contributed by atoms with Gasteiger partial charge >= 0.3 is 18.9 Å². The third-order valence-electron chi connectivity index (χ3n) is 2.76. The molecule has 1 atom stereocenters. The van der Waals surface area contributed by atoms with Crippen LogP contribution < -0.4 is 24.2 Å². The summed E-state index contributed by atoms with van der Waals surface area (Å²) >= 11 is 6.10. The summed E-state index contributed by atoms with van der Waals surface area (Å²) < 4.78 is 0. The Morgan fingerprint density at radius 2 is 1.74 bits per heavy atom. The van der Waals surface area contributed by atoms with Crippen molar-refractivity contribution in [1.29, 1.82) is 0 Å². The van der Waals surface area contributed by atoms with Crippen molar-refractivity contribution in [2.24, 2.45) is 0 Å². The molecule has 1 nitrogen and oxygen atoms in total. The summed E-state index contributed by atoms with van der Waals surface area (Å²) in [6.07, 6.45) is 0. The topological polar surface area (TPSA) is 17.1 Å². The number of carbonyl (C=O) groups is 1. The summed E-state index contributed by atoms with van der Waals surface area (Å²) in [6, 6.07) is 13.6. The summed E-state index contributed by atoms with van der Waals surface area (Å²) in [7, 11) is 0.121. The van der Waals surface area contributed by atoms with Gasteiger partial charge in [0.2, 0.25) is 0 Å². The van der Waals surface area contributed by atoms with Gasteiger partial charge in [-0.05, 0) is 39.4 Å². The second-order valence-electron chi connectivity index (χ2n) is 4.25. The molecule has 0 saturated carbocycles. The summed E-state index contributed by atoms with van der Waals surface area (Å²) in [5.74, 6) is 0. The monoisotopic (exact) mass is 284 g/mol. The Morgan fingerprint density at radius 3 is 2.32 bits per heavy atom. The molecule has 0 aromatic heterocycles. The molecule has 2 aromatic rings. The predicted molar refractivity (Wildman–Crippen MR) is 80.8 cm³/mol. The number of aryl methyl sites for hydroxylation is 2. The maximum Gasteiger partial charge on any atom is 1.00 e. The van der Waals surface area contributed by atoms with Gasteiger partial charge < -0.3 is 1.43 Å². The van der Waals surface area contributed by atoms with Crippen LogP contribution >= 0.6 is 20.2 Å². The summed E-state index contributed by atoms with van der Waals surface area (Å²) in [4.78, 5) is 12.3. The van der Waals surface area contributed by atoms with Crippen molar-refractivity contribution in [3.8, 4) is 0 Å². The molecular formula is C15H15ClLiOP. The van der Waals surface area contributed by atoms with Gasteiger partial charge in [-0.25, -0.2) is 0 Å². The van der Waals surface area contributed by atoms with Crippen LogP contribution in [0.25, 0.3) is 0 Å². The molecule has 0 N–H and O–H groups in total. The van der Waals surface area contributed by atoms with E-state index in [4.69, 9.17) is 11.6 Å². The molecule has 0 fully saturated rings. The molecule has 0 bridgehead atoms. The van der Waals surface area contributed by atoms with Crippen LogP contribution in [0.15, 0.2) is 42.5 Å². The van der Waals surface area contributed by atoms with Crippen molar-refractivity contribution < 1.29 is 25.1 Å². The van der Waals surface area contributed by atoms with Crippen LogP contribution in [0.5, 0.6) is 0 Å². The number of halogens is 1. The Morgan fingerprint density at radius 1 is 1.11 bits per heavy atom. The van der Waals surface area contributed by atoms with Crippen LogP contribution in [0.1, 0.15) is 22.9 Å². The summed E-state index contributed by atoms with van der Waals surface area (Å²) in [5, 5.41) is 1.59. The first-order valence-electron chi connectivity index (χ1n) is 5.71. The Balaban J connectivity index is 0.00000180. The largest absolute Gasteiger partial charge is 1.00 e. The molecular weight excluding hydrogens is 270 g/mol. The fraction of sp³-hybridized carbons (Fsp3) is 0.133. The van der Waals surface area contributed by atoms with Gasteiger partial charge in [0.05, 0.1) is 5.02 Å². The van der Waals surface area contributed by atoms with Gasteiger partial charge in [-0.2, -0.15) is 0 Å². The van der Waals surface area contributed by atoms with E-state index >= 15 is 0 Å². The molecule has 0 saturated heterocycles. The molecule has 4 heteroatoms. The van der Waals surface area contributed by atoms with E-state index in [0.29, 0.717) is 10.6 Å². The van der Waals surface area contributed by atoms with E-state index in [1.165, 1.54) is 5.56 Å². The first-order chi connectivity index (χ1) is 8.58. The third kappa shape index (κ3) is 4.20. The third-order valence-corrected chi connectivity index (χ3v) is 4.17. The molecule has 0 amide bonds. The quantitative estimate of drug-likeness (QED) is 0.612. The standard InChI is InChI=1S/C15H14ClOP.Li.H/c1-10-6-8-12(9-7-10)18-15(17)14-11(2)4-3-5-13(14)16;;/h3-9,18H,1-2H3;;/q;+1;-1. The molecule has 0 radical (unpaired) electrons. The molecule has 0 heterocycles. The van der Waals surface area contributed by atoms with E-state index in [2.05, 4.69) is 0 Å².